The molecule has 0 bridgehead atoms. The molecular formula is C17H18N6O2S. The van der Waals surface area contributed by atoms with E-state index in [1.54, 1.807) is 34.5 Å². The molecule has 0 saturated carbocycles. The number of hydrogen-bond acceptors (Lipinski definition) is 7. The Labute approximate surface area is 154 Å². The van der Waals surface area contributed by atoms with Gasteiger partial charge in [0.25, 0.3) is 5.89 Å². The van der Waals surface area contributed by atoms with Crippen molar-refractivity contribution in [3.8, 4) is 17.2 Å². The molecular weight excluding hydrogens is 352 g/mol. The van der Waals surface area contributed by atoms with Crippen LogP contribution in [-0.2, 0) is 4.79 Å². The topological polar surface area (TPSA) is 89.9 Å². The monoisotopic (exact) mass is 370 g/mol. The van der Waals surface area contributed by atoms with Crippen molar-refractivity contribution in [2.45, 2.75) is 26.8 Å². The molecule has 0 aromatic carbocycles. The first kappa shape index (κ1) is 16.8. The lowest BCUT2D eigenvalue weighted by Crippen LogP contribution is -2.28. The molecule has 0 unspecified atom stereocenters. The minimum absolute atomic E-state index is 0.00987. The van der Waals surface area contributed by atoms with Crippen LogP contribution in [0.25, 0.3) is 17.2 Å². The fraction of sp³-hybridized carbons (Fsp3) is 0.353. The predicted molar refractivity (Wildman–Crippen MR) is 96.7 cm³/mol. The molecule has 26 heavy (non-hydrogen) atoms. The second-order valence-corrected chi connectivity index (χ2v) is 7.20. The van der Waals surface area contributed by atoms with Gasteiger partial charge in [-0.05, 0) is 32.0 Å². The van der Waals surface area contributed by atoms with Crippen molar-refractivity contribution in [2.75, 3.05) is 11.6 Å². The Morgan fingerprint density at radius 3 is 2.85 bits per heavy atom. The summed E-state index contributed by atoms with van der Waals surface area (Å²) >= 11 is 1.68. The number of carbonyl (C=O) groups excluding carboxylic acids is 1. The van der Waals surface area contributed by atoms with Crippen LogP contribution in [0, 0.1) is 13.8 Å². The Bertz CT molecular complexity index is 949. The van der Waals surface area contributed by atoms with Crippen molar-refractivity contribution in [3.63, 3.8) is 0 Å². The van der Waals surface area contributed by atoms with Crippen LogP contribution in [0.2, 0.25) is 0 Å². The third kappa shape index (κ3) is 2.98. The molecule has 8 nitrogen and oxygen atoms in total. The summed E-state index contributed by atoms with van der Waals surface area (Å²) in [5, 5.41) is 8.48. The zero-order valence-corrected chi connectivity index (χ0v) is 15.5. The molecule has 4 rings (SSSR count). The molecule has 1 saturated heterocycles. The minimum Gasteiger partial charge on any atom is -0.337 e. The Hall–Kier alpha value is -2.68. The van der Waals surface area contributed by atoms with E-state index in [-0.39, 0.29) is 11.9 Å². The van der Waals surface area contributed by atoms with Crippen LogP contribution < -0.4 is 0 Å². The van der Waals surface area contributed by atoms with Gasteiger partial charge in [0, 0.05) is 30.1 Å². The SMILES string of the molecule is CC(=O)N1CSC[C@H]1c1nc(-c2ccc(-n3nc(C)cc3C)nc2)no1. The number of nitrogens with zero attached hydrogens (tertiary/aromatic N) is 6. The summed E-state index contributed by atoms with van der Waals surface area (Å²) in [4.78, 5) is 22.4. The van der Waals surface area contributed by atoms with Gasteiger partial charge >= 0.3 is 0 Å². The molecule has 1 amide bonds. The second kappa shape index (κ2) is 6.56. The van der Waals surface area contributed by atoms with Crippen LogP contribution in [0.4, 0.5) is 0 Å². The highest BCUT2D eigenvalue weighted by Gasteiger charge is 2.33. The van der Waals surface area contributed by atoms with Crippen molar-refractivity contribution in [3.05, 3.63) is 41.7 Å². The Kier molecular flexibility index (Phi) is 4.23. The summed E-state index contributed by atoms with van der Waals surface area (Å²) in [6, 6.07) is 5.60. The number of thioether (sulfide) groups is 1. The van der Waals surface area contributed by atoms with Crippen LogP contribution >= 0.6 is 11.8 Å². The minimum atomic E-state index is -0.166. The molecule has 3 aromatic heterocycles. The van der Waals surface area contributed by atoms with Gasteiger partial charge in [0.2, 0.25) is 11.7 Å². The van der Waals surface area contributed by atoms with Gasteiger partial charge < -0.3 is 9.42 Å². The largest absolute Gasteiger partial charge is 0.337 e. The smallest absolute Gasteiger partial charge is 0.250 e. The summed E-state index contributed by atoms with van der Waals surface area (Å²) in [6.07, 6.45) is 1.70. The lowest BCUT2D eigenvalue weighted by Gasteiger charge is -2.18. The highest BCUT2D eigenvalue weighted by atomic mass is 32.2. The quantitative estimate of drug-likeness (QED) is 0.700. The molecule has 0 N–H and O–H groups in total. The maximum absolute atomic E-state index is 11.7. The zero-order chi connectivity index (χ0) is 18.3. The average Bonchev–Trinajstić information content (AvgIpc) is 3.33. The molecule has 0 spiro atoms. The lowest BCUT2D eigenvalue weighted by molar-refractivity contribution is -0.129. The third-order valence-corrected chi connectivity index (χ3v) is 5.26. The number of aromatic nitrogens is 5. The van der Waals surface area contributed by atoms with Gasteiger partial charge in [-0.1, -0.05) is 5.16 Å². The van der Waals surface area contributed by atoms with Crippen LogP contribution in [0.1, 0.15) is 30.2 Å². The summed E-state index contributed by atoms with van der Waals surface area (Å²) in [5.74, 6) is 3.08. The van der Waals surface area contributed by atoms with Gasteiger partial charge in [0.1, 0.15) is 6.04 Å². The van der Waals surface area contributed by atoms with Crippen molar-refractivity contribution in [1.82, 2.24) is 29.8 Å². The summed E-state index contributed by atoms with van der Waals surface area (Å²) in [5.41, 5.74) is 2.72. The molecule has 1 fully saturated rings. The molecule has 134 valence electrons. The van der Waals surface area contributed by atoms with Crippen LogP contribution in [0.5, 0.6) is 0 Å². The summed E-state index contributed by atoms with van der Waals surface area (Å²) < 4.78 is 7.20. The van der Waals surface area contributed by atoms with Gasteiger partial charge in [-0.2, -0.15) is 10.1 Å². The van der Waals surface area contributed by atoms with E-state index in [4.69, 9.17) is 4.52 Å². The van der Waals surface area contributed by atoms with E-state index >= 15 is 0 Å². The maximum Gasteiger partial charge on any atom is 0.250 e. The highest BCUT2D eigenvalue weighted by Crippen LogP contribution is 2.33. The van der Waals surface area contributed by atoms with Crippen molar-refractivity contribution < 1.29 is 9.32 Å². The lowest BCUT2D eigenvalue weighted by atomic mass is 10.2. The highest BCUT2D eigenvalue weighted by molar-refractivity contribution is 7.99. The third-order valence-electron chi connectivity index (χ3n) is 4.25. The van der Waals surface area contributed by atoms with E-state index in [1.807, 2.05) is 32.0 Å². The van der Waals surface area contributed by atoms with Crippen molar-refractivity contribution >= 4 is 17.7 Å². The normalized spacial score (nSPS) is 17.0. The molecule has 0 radical (unpaired) electrons. The molecule has 0 aliphatic carbocycles. The van der Waals surface area contributed by atoms with Crippen LogP contribution in [0.3, 0.4) is 0 Å². The molecule has 4 heterocycles. The summed E-state index contributed by atoms with van der Waals surface area (Å²) in [7, 11) is 0. The van der Waals surface area contributed by atoms with E-state index < -0.39 is 0 Å². The van der Waals surface area contributed by atoms with Crippen LogP contribution in [0.15, 0.2) is 28.9 Å². The first-order valence-corrected chi connectivity index (χ1v) is 9.37. The number of rotatable bonds is 3. The predicted octanol–water partition coefficient (Wildman–Crippen LogP) is 2.53. The van der Waals surface area contributed by atoms with E-state index in [1.165, 1.54) is 0 Å². The molecule has 3 aromatic rings. The number of pyridine rings is 1. The second-order valence-electron chi connectivity index (χ2n) is 6.20. The van der Waals surface area contributed by atoms with Gasteiger partial charge in [-0.15, -0.1) is 11.8 Å². The standard InChI is InChI=1S/C17H18N6O2S/c1-10-6-11(2)23(20-10)15-5-4-13(7-18-15)16-19-17(25-21-16)14-8-26-9-22(14)12(3)24/h4-7,14H,8-9H2,1-3H3/t14-/m0/s1. The Balaban J connectivity index is 1.58. The molecule has 1 atom stereocenters. The Morgan fingerprint density at radius 2 is 2.19 bits per heavy atom. The number of aryl methyl sites for hydroxylation is 2. The van der Waals surface area contributed by atoms with Crippen molar-refractivity contribution in [2.24, 2.45) is 0 Å². The van der Waals surface area contributed by atoms with E-state index in [0.717, 1.165) is 28.5 Å². The first-order valence-electron chi connectivity index (χ1n) is 8.21. The van der Waals surface area contributed by atoms with E-state index in [2.05, 4.69) is 20.2 Å². The Morgan fingerprint density at radius 1 is 1.35 bits per heavy atom. The first-order chi connectivity index (χ1) is 12.5. The van der Waals surface area contributed by atoms with E-state index in [0.29, 0.717) is 17.6 Å². The van der Waals surface area contributed by atoms with Gasteiger partial charge in [0.15, 0.2) is 5.82 Å². The van der Waals surface area contributed by atoms with Gasteiger partial charge in [0.05, 0.1) is 11.6 Å². The molecule has 1 aliphatic heterocycles. The number of amides is 1. The fourth-order valence-electron chi connectivity index (χ4n) is 2.95. The average molecular weight is 370 g/mol. The summed E-state index contributed by atoms with van der Waals surface area (Å²) in [6.45, 7) is 5.49. The van der Waals surface area contributed by atoms with Crippen LogP contribution in [-0.4, -0.2) is 47.3 Å². The number of hydrogen-bond donors (Lipinski definition) is 0. The fourth-order valence-corrected chi connectivity index (χ4v) is 4.16. The van der Waals surface area contributed by atoms with Gasteiger partial charge in [-0.3, -0.25) is 4.79 Å². The van der Waals surface area contributed by atoms with Crippen molar-refractivity contribution in [1.29, 1.82) is 0 Å². The zero-order valence-electron chi connectivity index (χ0n) is 14.7. The molecule has 9 heteroatoms. The number of carbonyl (C=O) groups is 1. The van der Waals surface area contributed by atoms with E-state index in [9.17, 15) is 4.79 Å². The van der Waals surface area contributed by atoms with Gasteiger partial charge in [-0.25, -0.2) is 9.67 Å². The molecule has 1 aliphatic rings. The maximum atomic E-state index is 11.7.